The molecular weight excluding hydrogens is 228 g/mol. The van der Waals surface area contributed by atoms with Gasteiger partial charge in [0.2, 0.25) is 5.91 Å². The topological polar surface area (TPSA) is 55.6 Å². The van der Waals surface area contributed by atoms with Crippen molar-refractivity contribution in [3.05, 3.63) is 0 Å². The van der Waals surface area contributed by atoms with E-state index in [4.69, 9.17) is 10.5 Å². The van der Waals surface area contributed by atoms with E-state index >= 15 is 0 Å². The lowest BCUT2D eigenvalue weighted by molar-refractivity contribution is -0.132. The van der Waals surface area contributed by atoms with Gasteiger partial charge >= 0.3 is 0 Å². The van der Waals surface area contributed by atoms with Gasteiger partial charge in [0, 0.05) is 19.7 Å². The molecular formula is C11H23ClN2O2. The predicted molar refractivity (Wildman–Crippen MR) is 66.7 cm³/mol. The summed E-state index contributed by atoms with van der Waals surface area (Å²) in [6.07, 6.45) is 2.21. The highest BCUT2D eigenvalue weighted by molar-refractivity contribution is 5.85. The third-order valence-electron chi connectivity index (χ3n) is 2.63. The van der Waals surface area contributed by atoms with E-state index in [2.05, 4.69) is 13.8 Å². The van der Waals surface area contributed by atoms with Crippen LogP contribution in [0.1, 0.15) is 26.7 Å². The van der Waals surface area contributed by atoms with Crippen LogP contribution in [0.25, 0.3) is 0 Å². The van der Waals surface area contributed by atoms with E-state index in [1.54, 1.807) is 0 Å². The molecule has 16 heavy (non-hydrogen) atoms. The smallest absolute Gasteiger partial charge is 0.236 e. The van der Waals surface area contributed by atoms with Crippen LogP contribution in [0.3, 0.4) is 0 Å². The Bertz CT molecular complexity index is 204. The van der Waals surface area contributed by atoms with E-state index in [1.165, 1.54) is 0 Å². The highest BCUT2D eigenvalue weighted by Crippen LogP contribution is 2.14. The van der Waals surface area contributed by atoms with Crippen LogP contribution >= 0.6 is 12.4 Å². The first-order valence-electron chi connectivity index (χ1n) is 5.73. The number of piperidine rings is 1. The monoisotopic (exact) mass is 250 g/mol. The molecule has 0 aromatic carbocycles. The van der Waals surface area contributed by atoms with Crippen molar-refractivity contribution >= 4 is 18.3 Å². The first-order chi connectivity index (χ1) is 7.13. The molecule has 5 heteroatoms. The van der Waals surface area contributed by atoms with Crippen molar-refractivity contribution in [3.63, 3.8) is 0 Å². The summed E-state index contributed by atoms with van der Waals surface area (Å²) in [4.78, 5) is 13.1. The molecule has 0 unspecified atom stereocenters. The molecule has 0 bridgehead atoms. The highest BCUT2D eigenvalue weighted by atomic mass is 35.5. The fraction of sp³-hybridized carbons (Fsp3) is 0.909. The summed E-state index contributed by atoms with van der Waals surface area (Å²) < 4.78 is 5.74. The van der Waals surface area contributed by atoms with Crippen molar-refractivity contribution in [1.82, 2.24) is 4.90 Å². The average molecular weight is 251 g/mol. The third-order valence-corrected chi connectivity index (χ3v) is 2.63. The Labute approximate surface area is 104 Å². The minimum atomic E-state index is 0. The molecule has 1 saturated heterocycles. The Kier molecular flexibility index (Phi) is 7.72. The average Bonchev–Trinajstić information content (AvgIpc) is 2.26. The van der Waals surface area contributed by atoms with Crippen LogP contribution in [0, 0.1) is 5.92 Å². The molecule has 0 aromatic heterocycles. The number of rotatable bonds is 4. The van der Waals surface area contributed by atoms with Crippen LogP contribution in [0.2, 0.25) is 0 Å². The Morgan fingerprint density at radius 1 is 1.44 bits per heavy atom. The number of nitrogens with two attached hydrogens (primary N) is 1. The number of hydrogen-bond donors (Lipinski definition) is 1. The maximum atomic E-state index is 11.3. The summed E-state index contributed by atoms with van der Waals surface area (Å²) in [5, 5.41) is 0. The zero-order valence-electron chi connectivity index (χ0n) is 10.1. The molecule has 1 aliphatic rings. The SMILES string of the molecule is CC(C)COC1CCN(C(=O)CN)CC1.Cl. The summed E-state index contributed by atoms with van der Waals surface area (Å²) in [5.41, 5.74) is 5.31. The van der Waals surface area contributed by atoms with Crippen molar-refractivity contribution < 1.29 is 9.53 Å². The van der Waals surface area contributed by atoms with E-state index in [0.29, 0.717) is 12.0 Å². The van der Waals surface area contributed by atoms with Gasteiger partial charge in [-0.05, 0) is 18.8 Å². The van der Waals surface area contributed by atoms with Crippen molar-refractivity contribution in [1.29, 1.82) is 0 Å². The van der Waals surface area contributed by atoms with Crippen LogP contribution in [0.5, 0.6) is 0 Å². The van der Waals surface area contributed by atoms with Gasteiger partial charge in [0.1, 0.15) is 0 Å². The number of likely N-dealkylation sites (tertiary alicyclic amines) is 1. The minimum absolute atomic E-state index is 0. The zero-order chi connectivity index (χ0) is 11.3. The van der Waals surface area contributed by atoms with Crippen LogP contribution in [0.15, 0.2) is 0 Å². The zero-order valence-corrected chi connectivity index (χ0v) is 11.0. The normalized spacial score (nSPS) is 17.4. The number of carbonyl (C=O) groups is 1. The molecule has 0 saturated carbocycles. The molecule has 1 amide bonds. The second-order valence-corrected chi connectivity index (χ2v) is 4.51. The maximum Gasteiger partial charge on any atom is 0.236 e. The summed E-state index contributed by atoms with van der Waals surface area (Å²) in [7, 11) is 0. The quantitative estimate of drug-likeness (QED) is 0.811. The molecule has 96 valence electrons. The molecule has 0 aliphatic carbocycles. The van der Waals surface area contributed by atoms with E-state index in [-0.39, 0.29) is 24.9 Å². The van der Waals surface area contributed by atoms with E-state index in [0.717, 1.165) is 32.5 Å². The maximum absolute atomic E-state index is 11.3. The molecule has 0 radical (unpaired) electrons. The van der Waals surface area contributed by atoms with Gasteiger partial charge in [-0.1, -0.05) is 13.8 Å². The van der Waals surface area contributed by atoms with Crippen molar-refractivity contribution in [2.75, 3.05) is 26.2 Å². The first-order valence-corrected chi connectivity index (χ1v) is 5.73. The van der Waals surface area contributed by atoms with Crippen LogP contribution < -0.4 is 5.73 Å². The lowest BCUT2D eigenvalue weighted by Gasteiger charge is -2.32. The van der Waals surface area contributed by atoms with Crippen LogP contribution in [-0.2, 0) is 9.53 Å². The van der Waals surface area contributed by atoms with Gasteiger partial charge in [-0.2, -0.15) is 0 Å². The Morgan fingerprint density at radius 3 is 2.44 bits per heavy atom. The molecule has 0 aromatic rings. The second kappa shape index (κ2) is 7.87. The molecule has 0 spiro atoms. The van der Waals surface area contributed by atoms with Crippen molar-refractivity contribution in [2.24, 2.45) is 11.7 Å². The fourth-order valence-electron chi connectivity index (χ4n) is 1.73. The summed E-state index contributed by atoms with van der Waals surface area (Å²) in [6.45, 7) is 6.81. The Balaban J connectivity index is 0.00000225. The van der Waals surface area contributed by atoms with Gasteiger partial charge in [-0.15, -0.1) is 12.4 Å². The lowest BCUT2D eigenvalue weighted by Crippen LogP contribution is -2.43. The van der Waals surface area contributed by atoms with Crippen LogP contribution in [-0.4, -0.2) is 43.2 Å². The largest absolute Gasteiger partial charge is 0.378 e. The Morgan fingerprint density at radius 2 is 2.00 bits per heavy atom. The molecule has 1 rings (SSSR count). The van der Waals surface area contributed by atoms with Gasteiger partial charge in [0.25, 0.3) is 0 Å². The highest BCUT2D eigenvalue weighted by Gasteiger charge is 2.22. The number of carbonyl (C=O) groups excluding carboxylic acids is 1. The van der Waals surface area contributed by atoms with Gasteiger partial charge in [0.05, 0.1) is 12.6 Å². The van der Waals surface area contributed by atoms with Crippen molar-refractivity contribution in [3.8, 4) is 0 Å². The second-order valence-electron chi connectivity index (χ2n) is 4.51. The van der Waals surface area contributed by atoms with Gasteiger partial charge in [0.15, 0.2) is 0 Å². The third kappa shape index (κ3) is 5.14. The fourth-order valence-corrected chi connectivity index (χ4v) is 1.73. The lowest BCUT2D eigenvalue weighted by atomic mass is 10.1. The van der Waals surface area contributed by atoms with Gasteiger partial charge in [-0.3, -0.25) is 4.79 Å². The predicted octanol–water partition coefficient (Wildman–Crippen LogP) is 1.03. The number of halogens is 1. The van der Waals surface area contributed by atoms with E-state index in [1.807, 2.05) is 4.90 Å². The molecule has 1 heterocycles. The number of nitrogens with zero attached hydrogens (tertiary/aromatic N) is 1. The van der Waals surface area contributed by atoms with Gasteiger partial charge in [-0.25, -0.2) is 0 Å². The van der Waals surface area contributed by atoms with Gasteiger partial charge < -0.3 is 15.4 Å². The summed E-state index contributed by atoms with van der Waals surface area (Å²) >= 11 is 0. The van der Waals surface area contributed by atoms with E-state index in [9.17, 15) is 4.79 Å². The first kappa shape index (κ1) is 15.7. The molecule has 1 fully saturated rings. The standard InChI is InChI=1S/C11H22N2O2.ClH/c1-9(2)8-15-10-3-5-13(6-4-10)11(14)7-12;/h9-10H,3-8,12H2,1-2H3;1H. The molecule has 1 aliphatic heterocycles. The van der Waals surface area contributed by atoms with Crippen molar-refractivity contribution in [2.45, 2.75) is 32.8 Å². The molecule has 4 nitrogen and oxygen atoms in total. The molecule has 2 N–H and O–H groups in total. The van der Waals surface area contributed by atoms with E-state index < -0.39 is 0 Å². The molecule has 0 atom stereocenters. The minimum Gasteiger partial charge on any atom is -0.378 e. The summed E-state index contributed by atoms with van der Waals surface area (Å²) in [5.74, 6) is 0.631. The number of ether oxygens (including phenoxy) is 1. The number of amides is 1. The number of hydrogen-bond acceptors (Lipinski definition) is 3. The van der Waals surface area contributed by atoms with Crippen LogP contribution in [0.4, 0.5) is 0 Å². The Hall–Kier alpha value is -0.320. The summed E-state index contributed by atoms with van der Waals surface area (Å²) in [6, 6.07) is 0.